The molecule has 6 nitrogen and oxygen atoms in total. The monoisotopic (exact) mass is 393 g/mol. The van der Waals surface area contributed by atoms with E-state index in [0.29, 0.717) is 11.4 Å². The van der Waals surface area contributed by atoms with Gasteiger partial charge in [0, 0.05) is 22.7 Å². The fourth-order valence-electron chi connectivity index (χ4n) is 3.26. The minimum absolute atomic E-state index is 0.367. The van der Waals surface area contributed by atoms with E-state index in [2.05, 4.69) is 15.4 Å². The zero-order chi connectivity index (χ0) is 20.0. The van der Waals surface area contributed by atoms with Crippen molar-refractivity contribution in [1.82, 2.24) is 13.9 Å². The van der Waals surface area contributed by atoms with Crippen molar-refractivity contribution < 1.29 is 4.74 Å². The normalized spacial score (nSPS) is 11.1. The van der Waals surface area contributed by atoms with Gasteiger partial charge in [0.1, 0.15) is 5.75 Å². The molecule has 0 radical (unpaired) electrons. The number of aromatic nitrogens is 3. The summed E-state index contributed by atoms with van der Waals surface area (Å²) in [6, 6.07) is 10.9. The summed E-state index contributed by atoms with van der Waals surface area (Å²) in [6.45, 7) is 5.77. The van der Waals surface area contributed by atoms with E-state index in [-0.39, 0.29) is 5.56 Å². The highest BCUT2D eigenvalue weighted by Crippen LogP contribution is 2.38. The Hall–Kier alpha value is -3.19. The number of aryl methyl sites for hydroxylation is 3. The average molecular weight is 393 g/mol. The standard InChI is InChI=1S/C21H19N3O3S/c1-11-7-15(17(27-4)8-12(11)2)20-16-10-14(5-6-18(16)28-23-20)24-19(25)9-13(3)22-21(24)26/h5-10H,1-4H3,(H,22,26). The van der Waals surface area contributed by atoms with Gasteiger partial charge in [-0.1, -0.05) is 0 Å². The first-order chi connectivity index (χ1) is 13.4. The number of methoxy groups -OCH3 is 1. The lowest BCUT2D eigenvalue weighted by atomic mass is 10.0. The van der Waals surface area contributed by atoms with Crippen LogP contribution in [0.3, 0.4) is 0 Å². The Kier molecular flexibility index (Phi) is 4.39. The van der Waals surface area contributed by atoms with Gasteiger partial charge in [-0.2, -0.15) is 4.37 Å². The van der Waals surface area contributed by atoms with Gasteiger partial charge in [0.25, 0.3) is 5.56 Å². The summed E-state index contributed by atoms with van der Waals surface area (Å²) in [4.78, 5) is 27.4. The quantitative estimate of drug-likeness (QED) is 0.575. The zero-order valence-corrected chi connectivity index (χ0v) is 16.8. The van der Waals surface area contributed by atoms with E-state index < -0.39 is 5.69 Å². The van der Waals surface area contributed by atoms with Crippen molar-refractivity contribution in [2.75, 3.05) is 7.11 Å². The third-order valence-electron chi connectivity index (χ3n) is 4.85. The second-order valence-electron chi connectivity index (χ2n) is 6.78. The van der Waals surface area contributed by atoms with Crippen molar-refractivity contribution in [2.45, 2.75) is 20.8 Å². The van der Waals surface area contributed by atoms with Gasteiger partial charge in [-0.05, 0) is 73.8 Å². The molecule has 2 aromatic heterocycles. The molecule has 0 aliphatic rings. The Labute approximate surface area is 165 Å². The molecule has 142 valence electrons. The van der Waals surface area contributed by atoms with Crippen LogP contribution < -0.4 is 16.0 Å². The Morgan fingerprint density at radius 1 is 1.04 bits per heavy atom. The molecule has 0 aliphatic carbocycles. The summed E-state index contributed by atoms with van der Waals surface area (Å²) >= 11 is 1.37. The molecule has 0 saturated carbocycles. The van der Waals surface area contributed by atoms with E-state index in [1.807, 2.05) is 32.0 Å². The Bertz CT molecular complexity index is 1300. The Balaban J connectivity index is 1.98. The largest absolute Gasteiger partial charge is 0.496 e. The second kappa shape index (κ2) is 6.76. The number of aromatic amines is 1. The van der Waals surface area contributed by atoms with Crippen LogP contribution in [0.2, 0.25) is 0 Å². The molecule has 0 atom stereocenters. The van der Waals surface area contributed by atoms with Gasteiger partial charge in [-0.15, -0.1) is 0 Å². The number of nitrogens with one attached hydrogen (secondary N) is 1. The molecule has 0 aliphatic heterocycles. The molecule has 0 bridgehead atoms. The third-order valence-corrected chi connectivity index (χ3v) is 5.68. The van der Waals surface area contributed by atoms with Crippen LogP contribution in [0.25, 0.3) is 27.0 Å². The van der Waals surface area contributed by atoms with Crippen LogP contribution in [0.1, 0.15) is 16.8 Å². The smallest absolute Gasteiger partial charge is 0.333 e. The summed E-state index contributed by atoms with van der Waals surface area (Å²) < 4.78 is 12.3. The van der Waals surface area contributed by atoms with Crippen molar-refractivity contribution in [3.63, 3.8) is 0 Å². The molecule has 2 heterocycles. The van der Waals surface area contributed by atoms with E-state index in [0.717, 1.165) is 42.8 Å². The van der Waals surface area contributed by atoms with Crippen molar-refractivity contribution in [3.8, 4) is 22.7 Å². The van der Waals surface area contributed by atoms with Gasteiger partial charge in [0.15, 0.2) is 0 Å². The number of rotatable bonds is 3. The fraction of sp³-hybridized carbons (Fsp3) is 0.190. The fourth-order valence-corrected chi connectivity index (χ4v) is 4.03. The summed E-state index contributed by atoms with van der Waals surface area (Å²) in [5, 5.41) is 0.871. The van der Waals surface area contributed by atoms with Crippen LogP contribution in [-0.2, 0) is 0 Å². The number of ether oxygens (including phenoxy) is 1. The number of hydrogen-bond donors (Lipinski definition) is 1. The van der Waals surface area contributed by atoms with Gasteiger partial charge in [-0.3, -0.25) is 4.79 Å². The molecule has 0 fully saturated rings. The number of H-pyrrole nitrogens is 1. The molecule has 0 amide bonds. The minimum Gasteiger partial charge on any atom is -0.496 e. The van der Waals surface area contributed by atoms with E-state index >= 15 is 0 Å². The first kappa shape index (κ1) is 18.2. The Morgan fingerprint density at radius 2 is 1.79 bits per heavy atom. The minimum atomic E-state index is -0.460. The molecule has 0 saturated heterocycles. The van der Waals surface area contributed by atoms with Crippen LogP contribution in [0, 0.1) is 20.8 Å². The summed E-state index contributed by atoms with van der Waals surface area (Å²) in [5.74, 6) is 0.742. The zero-order valence-electron chi connectivity index (χ0n) is 16.0. The van der Waals surface area contributed by atoms with Gasteiger partial charge < -0.3 is 9.72 Å². The molecular weight excluding hydrogens is 374 g/mol. The predicted molar refractivity (Wildman–Crippen MR) is 112 cm³/mol. The van der Waals surface area contributed by atoms with Crippen LogP contribution in [0.5, 0.6) is 5.75 Å². The van der Waals surface area contributed by atoms with Gasteiger partial charge >= 0.3 is 5.69 Å². The number of fused-ring (bicyclic) bond motifs is 1. The number of hydrogen-bond acceptors (Lipinski definition) is 5. The SMILES string of the molecule is COc1cc(C)c(C)cc1-c1nsc2ccc(-n3c(=O)cc(C)[nH]c3=O)cc12. The van der Waals surface area contributed by atoms with E-state index in [9.17, 15) is 9.59 Å². The van der Waals surface area contributed by atoms with Crippen molar-refractivity contribution in [1.29, 1.82) is 0 Å². The maximum absolute atomic E-state index is 12.4. The molecule has 4 rings (SSSR count). The van der Waals surface area contributed by atoms with Gasteiger partial charge in [0.2, 0.25) is 0 Å². The molecule has 0 spiro atoms. The number of benzene rings is 2. The maximum atomic E-state index is 12.4. The van der Waals surface area contributed by atoms with Crippen molar-refractivity contribution in [3.05, 3.63) is 74.1 Å². The summed E-state index contributed by atoms with van der Waals surface area (Å²) in [5.41, 5.74) is 4.15. The lowest BCUT2D eigenvalue weighted by Gasteiger charge is -2.11. The number of nitrogens with zero attached hydrogens (tertiary/aromatic N) is 2. The topological polar surface area (TPSA) is 77.0 Å². The van der Waals surface area contributed by atoms with E-state index in [1.165, 1.54) is 17.6 Å². The van der Waals surface area contributed by atoms with E-state index in [4.69, 9.17) is 4.74 Å². The second-order valence-corrected chi connectivity index (χ2v) is 7.58. The van der Waals surface area contributed by atoms with Crippen molar-refractivity contribution >= 4 is 21.6 Å². The van der Waals surface area contributed by atoms with Crippen LogP contribution in [-0.4, -0.2) is 21.0 Å². The molecule has 0 unspecified atom stereocenters. The predicted octanol–water partition coefficient (Wildman–Crippen LogP) is 3.74. The average Bonchev–Trinajstić information content (AvgIpc) is 3.06. The molecule has 2 aromatic carbocycles. The highest BCUT2D eigenvalue weighted by Gasteiger charge is 2.16. The third kappa shape index (κ3) is 2.93. The molecule has 28 heavy (non-hydrogen) atoms. The van der Waals surface area contributed by atoms with E-state index in [1.54, 1.807) is 20.1 Å². The molecule has 7 heteroatoms. The molecule has 4 aromatic rings. The summed E-state index contributed by atoms with van der Waals surface area (Å²) in [6.07, 6.45) is 0. The van der Waals surface area contributed by atoms with Crippen LogP contribution >= 0.6 is 11.5 Å². The summed E-state index contributed by atoms with van der Waals surface area (Å²) in [7, 11) is 1.64. The molecule has 1 N–H and O–H groups in total. The molecular formula is C21H19N3O3S. The maximum Gasteiger partial charge on any atom is 0.333 e. The van der Waals surface area contributed by atoms with Crippen molar-refractivity contribution in [2.24, 2.45) is 0 Å². The lowest BCUT2D eigenvalue weighted by molar-refractivity contribution is 0.416. The van der Waals surface area contributed by atoms with Crippen LogP contribution in [0.15, 0.2) is 46.0 Å². The first-order valence-corrected chi connectivity index (χ1v) is 9.55. The first-order valence-electron chi connectivity index (χ1n) is 8.77. The van der Waals surface area contributed by atoms with Gasteiger partial charge in [0.05, 0.1) is 23.2 Å². The van der Waals surface area contributed by atoms with Crippen LogP contribution in [0.4, 0.5) is 0 Å². The highest BCUT2D eigenvalue weighted by atomic mass is 32.1. The Morgan fingerprint density at radius 3 is 2.50 bits per heavy atom. The van der Waals surface area contributed by atoms with Gasteiger partial charge in [-0.25, -0.2) is 9.36 Å². The lowest BCUT2D eigenvalue weighted by Crippen LogP contribution is -2.33. The highest BCUT2D eigenvalue weighted by molar-refractivity contribution is 7.13.